The van der Waals surface area contributed by atoms with Gasteiger partial charge < -0.3 is 9.30 Å². The van der Waals surface area contributed by atoms with E-state index < -0.39 is 0 Å². The molecule has 5 heteroatoms. The van der Waals surface area contributed by atoms with Gasteiger partial charge in [0, 0.05) is 31.2 Å². The molecule has 0 spiro atoms. The van der Waals surface area contributed by atoms with Crippen molar-refractivity contribution in [3.8, 4) is 17.1 Å². The topological polar surface area (TPSA) is 30.3 Å². The van der Waals surface area contributed by atoms with Gasteiger partial charge in [-0.25, -0.2) is 4.98 Å². The quantitative estimate of drug-likeness (QED) is 0.237. The number of imidazole rings is 1. The Morgan fingerprint density at radius 2 is 1.84 bits per heavy atom. The summed E-state index contributed by atoms with van der Waals surface area (Å²) in [5.41, 5.74) is 7.73. The molecule has 200 valence electrons. The molecule has 1 aliphatic heterocycles. The molecule has 0 bridgehead atoms. The number of ether oxygens (including phenoxy) is 1. The third-order valence-electron chi connectivity index (χ3n) is 7.83. The lowest BCUT2D eigenvalue weighted by molar-refractivity contribution is 0.150. The molecular weight excluding hydrogens is 478 g/mol. The van der Waals surface area contributed by atoms with Crippen molar-refractivity contribution in [2.45, 2.75) is 92.3 Å². The van der Waals surface area contributed by atoms with Crippen molar-refractivity contribution in [3.63, 3.8) is 0 Å². The molecule has 0 amide bonds. The predicted molar refractivity (Wildman–Crippen MR) is 156 cm³/mol. The lowest BCUT2D eigenvalue weighted by Gasteiger charge is -2.38. The van der Waals surface area contributed by atoms with E-state index in [1.165, 1.54) is 47.1 Å². The second-order valence-electron chi connectivity index (χ2n) is 11.1. The number of fused-ring (bicyclic) bond motifs is 1. The standard InChI is InChI=1S/C32H44ClN3O/c1-7-8-9-10-17-36-29(31(33)34-32(36)30-23(4)12-11-13-24(30)5)21-35-18-16-25-20-26(37-6)14-15-27(25)28(35)19-22(2)3/h11-15,20,22,28H,7-10,16-19,21H2,1-6H3. The number of unbranched alkanes of at least 4 members (excludes halogenated alkanes) is 3. The highest BCUT2D eigenvalue weighted by Gasteiger charge is 2.30. The molecule has 2 aromatic carbocycles. The molecule has 2 heterocycles. The average molecular weight is 522 g/mol. The van der Waals surface area contributed by atoms with Crippen molar-refractivity contribution in [1.29, 1.82) is 0 Å². The van der Waals surface area contributed by atoms with Gasteiger partial charge in [-0.15, -0.1) is 0 Å². The third-order valence-corrected chi connectivity index (χ3v) is 8.13. The molecule has 3 aromatic rings. The molecule has 4 rings (SSSR count). The van der Waals surface area contributed by atoms with E-state index >= 15 is 0 Å². The van der Waals surface area contributed by atoms with Crippen LogP contribution in [0.2, 0.25) is 5.15 Å². The molecule has 1 aliphatic rings. The van der Waals surface area contributed by atoms with E-state index in [0.717, 1.165) is 56.2 Å². The summed E-state index contributed by atoms with van der Waals surface area (Å²) in [7, 11) is 1.75. The highest BCUT2D eigenvalue weighted by molar-refractivity contribution is 6.30. The van der Waals surface area contributed by atoms with Gasteiger partial charge in [0.1, 0.15) is 11.6 Å². The summed E-state index contributed by atoms with van der Waals surface area (Å²) < 4.78 is 7.96. The van der Waals surface area contributed by atoms with E-state index in [4.69, 9.17) is 21.3 Å². The van der Waals surface area contributed by atoms with Crippen LogP contribution in [0.3, 0.4) is 0 Å². The van der Waals surface area contributed by atoms with Crippen LogP contribution in [0, 0.1) is 19.8 Å². The van der Waals surface area contributed by atoms with Crippen molar-refractivity contribution in [2.75, 3.05) is 13.7 Å². The summed E-state index contributed by atoms with van der Waals surface area (Å²) in [6.45, 7) is 14.0. The van der Waals surface area contributed by atoms with E-state index in [-0.39, 0.29) is 0 Å². The first kappa shape index (κ1) is 27.7. The molecule has 0 N–H and O–H groups in total. The number of hydrogen-bond donors (Lipinski definition) is 0. The van der Waals surface area contributed by atoms with Crippen LogP contribution in [-0.4, -0.2) is 28.1 Å². The summed E-state index contributed by atoms with van der Waals surface area (Å²) in [6.07, 6.45) is 7.00. The number of halogens is 1. The van der Waals surface area contributed by atoms with Crippen molar-refractivity contribution in [2.24, 2.45) is 5.92 Å². The predicted octanol–water partition coefficient (Wildman–Crippen LogP) is 8.55. The molecule has 1 atom stereocenters. The molecule has 0 saturated carbocycles. The first-order valence-corrected chi connectivity index (χ1v) is 14.4. The number of methoxy groups -OCH3 is 1. The molecule has 1 unspecified atom stereocenters. The maximum Gasteiger partial charge on any atom is 0.152 e. The van der Waals surface area contributed by atoms with Gasteiger partial charge in [-0.05, 0) is 73.4 Å². The Hall–Kier alpha value is -2.30. The van der Waals surface area contributed by atoms with Gasteiger partial charge in [0.25, 0.3) is 0 Å². The molecule has 1 aromatic heterocycles. The zero-order valence-corrected chi connectivity index (χ0v) is 24.4. The largest absolute Gasteiger partial charge is 0.497 e. The minimum absolute atomic E-state index is 0.359. The molecular formula is C32H44ClN3O. The third kappa shape index (κ3) is 6.23. The fraction of sp³-hybridized carbons (Fsp3) is 0.531. The van der Waals surface area contributed by atoms with E-state index in [2.05, 4.69) is 80.5 Å². The molecule has 0 aliphatic carbocycles. The van der Waals surface area contributed by atoms with Gasteiger partial charge >= 0.3 is 0 Å². The van der Waals surface area contributed by atoms with Crippen LogP contribution in [0.4, 0.5) is 0 Å². The van der Waals surface area contributed by atoms with Crippen LogP contribution in [0.25, 0.3) is 11.4 Å². The number of hydrogen-bond acceptors (Lipinski definition) is 3. The summed E-state index contributed by atoms with van der Waals surface area (Å²) >= 11 is 6.98. The van der Waals surface area contributed by atoms with Gasteiger partial charge in [-0.2, -0.15) is 0 Å². The number of aryl methyl sites for hydroxylation is 2. The van der Waals surface area contributed by atoms with E-state index in [9.17, 15) is 0 Å². The van der Waals surface area contributed by atoms with E-state index in [1.807, 2.05) is 0 Å². The second-order valence-corrected chi connectivity index (χ2v) is 11.4. The summed E-state index contributed by atoms with van der Waals surface area (Å²) in [4.78, 5) is 7.64. The van der Waals surface area contributed by atoms with E-state index in [1.54, 1.807) is 7.11 Å². The van der Waals surface area contributed by atoms with Crippen LogP contribution in [0.15, 0.2) is 36.4 Å². The van der Waals surface area contributed by atoms with Gasteiger partial charge in [0.15, 0.2) is 5.15 Å². The molecule has 37 heavy (non-hydrogen) atoms. The highest BCUT2D eigenvalue weighted by Crippen LogP contribution is 2.39. The SMILES string of the molecule is CCCCCCn1c(-c2c(C)cccc2C)nc(Cl)c1CN1CCc2cc(OC)ccc2C1CC(C)C. The Bertz CT molecular complexity index is 1180. The van der Waals surface area contributed by atoms with Crippen LogP contribution in [0.1, 0.15) is 86.9 Å². The number of nitrogens with zero attached hydrogens (tertiary/aromatic N) is 3. The molecule has 0 saturated heterocycles. The Balaban J connectivity index is 1.72. The van der Waals surface area contributed by atoms with Gasteiger partial charge in [-0.3, -0.25) is 4.90 Å². The second kappa shape index (κ2) is 12.5. The monoisotopic (exact) mass is 521 g/mol. The van der Waals surface area contributed by atoms with Crippen molar-refractivity contribution < 1.29 is 4.74 Å². The Morgan fingerprint density at radius 3 is 2.51 bits per heavy atom. The number of rotatable bonds is 11. The smallest absolute Gasteiger partial charge is 0.152 e. The van der Waals surface area contributed by atoms with Crippen molar-refractivity contribution in [1.82, 2.24) is 14.5 Å². The lowest BCUT2D eigenvalue weighted by Crippen LogP contribution is -2.36. The van der Waals surface area contributed by atoms with Gasteiger partial charge in [-0.1, -0.05) is 75.9 Å². The van der Waals surface area contributed by atoms with Crippen LogP contribution >= 0.6 is 11.6 Å². The molecule has 4 nitrogen and oxygen atoms in total. The number of benzene rings is 2. The highest BCUT2D eigenvalue weighted by atomic mass is 35.5. The fourth-order valence-corrected chi connectivity index (χ4v) is 6.12. The van der Waals surface area contributed by atoms with Gasteiger partial charge in [0.2, 0.25) is 0 Å². The maximum absolute atomic E-state index is 6.98. The number of aromatic nitrogens is 2. The van der Waals surface area contributed by atoms with Crippen molar-refractivity contribution >= 4 is 11.6 Å². The van der Waals surface area contributed by atoms with Crippen LogP contribution < -0.4 is 4.74 Å². The minimum atomic E-state index is 0.359. The Morgan fingerprint density at radius 1 is 1.08 bits per heavy atom. The zero-order valence-electron chi connectivity index (χ0n) is 23.6. The summed E-state index contributed by atoms with van der Waals surface area (Å²) in [5, 5.41) is 0.650. The normalized spacial score (nSPS) is 15.8. The van der Waals surface area contributed by atoms with Crippen molar-refractivity contribution in [3.05, 3.63) is 69.5 Å². The summed E-state index contributed by atoms with van der Waals surface area (Å²) in [6, 6.07) is 13.5. The first-order valence-electron chi connectivity index (χ1n) is 14.1. The zero-order chi connectivity index (χ0) is 26.5. The molecule has 0 fully saturated rings. The van der Waals surface area contributed by atoms with E-state index in [0.29, 0.717) is 17.1 Å². The summed E-state index contributed by atoms with van der Waals surface area (Å²) in [5.74, 6) is 2.57. The van der Waals surface area contributed by atoms with Gasteiger partial charge in [0.05, 0.1) is 12.8 Å². The Labute approximate surface area is 229 Å². The molecule has 0 radical (unpaired) electrons. The minimum Gasteiger partial charge on any atom is -0.497 e. The first-order chi connectivity index (χ1) is 17.8. The lowest BCUT2D eigenvalue weighted by atomic mass is 9.87. The fourth-order valence-electron chi connectivity index (χ4n) is 5.87. The van der Waals surface area contributed by atoms with Crippen LogP contribution in [-0.2, 0) is 19.5 Å². The Kier molecular flexibility index (Phi) is 9.36. The average Bonchev–Trinajstić information content (AvgIpc) is 3.16. The van der Waals surface area contributed by atoms with Crippen LogP contribution in [0.5, 0.6) is 5.75 Å². The maximum atomic E-state index is 6.98.